The Hall–Kier alpha value is -2.21. The second kappa shape index (κ2) is 7.57. The molecule has 0 bridgehead atoms. The number of imidazole rings is 1. The molecule has 128 valence electrons. The van der Waals surface area contributed by atoms with Gasteiger partial charge in [0.05, 0.1) is 12.6 Å². The van der Waals surface area contributed by atoms with E-state index in [-0.39, 0.29) is 17.8 Å². The van der Waals surface area contributed by atoms with Crippen molar-refractivity contribution in [3.63, 3.8) is 0 Å². The van der Waals surface area contributed by atoms with Crippen LogP contribution < -0.4 is 5.32 Å². The van der Waals surface area contributed by atoms with Crippen LogP contribution in [0.1, 0.15) is 30.7 Å². The molecule has 2 heterocycles. The van der Waals surface area contributed by atoms with Crippen molar-refractivity contribution in [1.82, 2.24) is 19.8 Å². The maximum Gasteiger partial charge on any atom is 0.237 e. The molecule has 3 rings (SSSR count). The number of amides is 1. The summed E-state index contributed by atoms with van der Waals surface area (Å²) in [5.74, 6) is 0.644. The highest BCUT2D eigenvalue weighted by Gasteiger charge is 2.28. The zero-order valence-electron chi connectivity index (χ0n) is 13.9. The Labute approximate surface area is 141 Å². The Morgan fingerprint density at radius 3 is 2.83 bits per heavy atom. The van der Waals surface area contributed by atoms with Gasteiger partial charge in [-0.3, -0.25) is 9.69 Å². The first-order valence-electron chi connectivity index (χ1n) is 8.36. The summed E-state index contributed by atoms with van der Waals surface area (Å²) < 4.78 is 15.0. The number of nitrogens with one attached hydrogen (secondary N) is 1. The molecule has 1 aromatic heterocycles. The van der Waals surface area contributed by atoms with Crippen molar-refractivity contribution in [3.8, 4) is 0 Å². The smallest absolute Gasteiger partial charge is 0.237 e. The van der Waals surface area contributed by atoms with Crippen LogP contribution in [-0.2, 0) is 24.9 Å². The first-order chi connectivity index (χ1) is 11.6. The van der Waals surface area contributed by atoms with Gasteiger partial charge in [0, 0.05) is 26.0 Å². The van der Waals surface area contributed by atoms with Gasteiger partial charge in [-0.05, 0) is 37.1 Å². The molecule has 2 aromatic rings. The molecule has 1 saturated heterocycles. The molecule has 1 atom stereocenters. The quantitative estimate of drug-likeness (QED) is 0.915. The number of nitrogens with zero attached hydrogens (tertiary/aromatic N) is 3. The first kappa shape index (κ1) is 16.6. The maximum absolute atomic E-state index is 13.1. The van der Waals surface area contributed by atoms with Crippen LogP contribution >= 0.6 is 0 Å². The third-order valence-corrected chi connectivity index (χ3v) is 4.56. The van der Waals surface area contributed by atoms with E-state index >= 15 is 0 Å². The third-order valence-electron chi connectivity index (χ3n) is 4.56. The summed E-state index contributed by atoms with van der Waals surface area (Å²) in [6.07, 6.45) is 6.59. The van der Waals surface area contributed by atoms with Crippen LogP contribution in [0.3, 0.4) is 0 Å². The minimum Gasteiger partial charge on any atom is -0.348 e. The van der Waals surface area contributed by atoms with Crippen molar-refractivity contribution in [2.75, 3.05) is 6.54 Å². The zero-order valence-corrected chi connectivity index (χ0v) is 13.9. The molecule has 1 fully saturated rings. The van der Waals surface area contributed by atoms with Crippen LogP contribution in [0, 0.1) is 5.82 Å². The van der Waals surface area contributed by atoms with Gasteiger partial charge < -0.3 is 9.88 Å². The van der Waals surface area contributed by atoms with Gasteiger partial charge in [-0.15, -0.1) is 0 Å². The fourth-order valence-electron chi connectivity index (χ4n) is 3.15. The SMILES string of the molecule is Cn1ccnc1CNC(=O)C1CCCCN1Cc1ccc(F)cc1. The number of piperidine rings is 1. The van der Waals surface area contributed by atoms with E-state index in [0.29, 0.717) is 13.1 Å². The molecule has 0 aliphatic carbocycles. The Bertz CT molecular complexity index is 683. The topological polar surface area (TPSA) is 50.2 Å². The first-order valence-corrected chi connectivity index (χ1v) is 8.36. The van der Waals surface area contributed by atoms with Crippen molar-refractivity contribution in [3.05, 3.63) is 53.9 Å². The Morgan fingerprint density at radius 1 is 1.33 bits per heavy atom. The van der Waals surface area contributed by atoms with Crippen LogP contribution in [0.4, 0.5) is 4.39 Å². The van der Waals surface area contributed by atoms with E-state index < -0.39 is 0 Å². The number of carbonyl (C=O) groups is 1. The highest BCUT2D eigenvalue weighted by molar-refractivity contribution is 5.81. The Balaban J connectivity index is 1.61. The van der Waals surface area contributed by atoms with Crippen molar-refractivity contribution in [2.45, 2.75) is 38.4 Å². The summed E-state index contributed by atoms with van der Waals surface area (Å²) in [5, 5.41) is 3.00. The number of benzene rings is 1. The van der Waals surface area contributed by atoms with Gasteiger partial charge >= 0.3 is 0 Å². The number of halogens is 1. The standard InChI is InChI=1S/C18H23FN4O/c1-22-11-9-20-17(22)12-21-18(24)16-4-2-3-10-23(16)13-14-5-7-15(19)8-6-14/h5-9,11,16H,2-4,10,12-13H2,1H3,(H,21,24). The van der Waals surface area contributed by atoms with E-state index in [2.05, 4.69) is 15.2 Å². The Kier molecular flexibility index (Phi) is 5.25. The number of aryl methyl sites for hydroxylation is 1. The van der Waals surface area contributed by atoms with Crippen LogP contribution in [0.15, 0.2) is 36.7 Å². The van der Waals surface area contributed by atoms with Gasteiger partial charge in [0.2, 0.25) is 5.91 Å². The monoisotopic (exact) mass is 330 g/mol. The lowest BCUT2D eigenvalue weighted by atomic mass is 10.0. The summed E-state index contributed by atoms with van der Waals surface area (Å²) in [4.78, 5) is 19.0. The largest absolute Gasteiger partial charge is 0.348 e. The highest BCUT2D eigenvalue weighted by Crippen LogP contribution is 2.20. The molecule has 0 saturated carbocycles. The predicted octanol–water partition coefficient (Wildman–Crippen LogP) is 2.23. The molecule has 1 unspecified atom stereocenters. The van der Waals surface area contributed by atoms with Crippen LogP contribution in [0.25, 0.3) is 0 Å². The molecular formula is C18H23FN4O. The van der Waals surface area contributed by atoms with Gasteiger partial charge in [0.15, 0.2) is 0 Å². The fourth-order valence-corrected chi connectivity index (χ4v) is 3.15. The second-order valence-electron chi connectivity index (χ2n) is 6.28. The molecule has 5 nitrogen and oxygen atoms in total. The van der Waals surface area contributed by atoms with E-state index in [1.165, 1.54) is 12.1 Å². The molecule has 1 aliphatic heterocycles. The van der Waals surface area contributed by atoms with Crippen LogP contribution in [0.2, 0.25) is 0 Å². The fraction of sp³-hybridized carbons (Fsp3) is 0.444. The van der Waals surface area contributed by atoms with E-state index in [1.807, 2.05) is 17.8 Å². The van der Waals surface area contributed by atoms with E-state index in [4.69, 9.17) is 0 Å². The minimum absolute atomic E-state index is 0.0415. The van der Waals surface area contributed by atoms with E-state index in [1.54, 1.807) is 18.3 Å². The van der Waals surface area contributed by atoms with E-state index in [0.717, 1.165) is 37.2 Å². The average molecular weight is 330 g/mol. The van der Waals surface area contributed by atoms with Gasteiger partial charge in [0.1, 0.15) is 11.6 Å². The average Bonchev–Trinajstić information content (AvgIpc) is 3.00. The zero-order chi connectivity index (χ0) is 16.9. The molecule has 1 amide bonds. The third kappa shape index (κ3) is 4.00. The number of carbonyl (C=O) groups excluding carboxylic acids is 1. The van der Waals surface area contributed by atoms with Crippen molar-refractivity contribution in [1.29, 1.82) is 0 Å². The number of rotatable bonds is 5. The van der Waals surface area contributed by atoms with Crippen LogP contribution in [-0.4, -0.2) is 32.9 Å². The van der Waals surface area contributed by atoms with E-state index in [9.17, 15) is 9.18 Å². The molecule has 1 aliphatic rings. The molecule has 24 heavy (non-hydrogen) atoms. The highest BCUT2D eigenvalue weighted by atomic mass is 19.1. The number of hydrogen-bond donors (Lipinski definition) is 1. The van der Waals surface area contributed by atoms with Crippen molar-refractivity contribution >= 4 is 5.91 Å². The lowest BCUT2D eigenvalue weighted by molar-refractivity contribution is -0.128. The van der Waals surface area contributed by atoms with Gasteiger partial charge in [-0.25, -0.2) is 9.37 Å². The summed E-state index contributed by atoms with van der Waals surface area (Å²) in [5.41, 5.74) is 1.03. The summed E-state index contributed by atoms with van der Waals surface area (Å²) in [6.45, 7) is 1.99. The molecule has 1 aromatic carbocycles. The molecule has 1 N–H and O–H groups in total. The van der Waals surface area contributed by atoms with Gasteiger partial charge in [0.25, 0.3) is 0 Å². The molecular weight excluding hydrogens is 307 g/mol. The van der Waals surface area contributed by atoms with Crippen molar-refractivity contribution in [2.24, 2.45) is 7.05 Å². The lowest BCUT2D eigenvalue weighted by Crippen LogP contribution is -2.49. The summed E-state index contributed by atoms with van der Waals surface area (Å²) in [6, 6.07) is 6.37. The molecule has 0 radical (unpaired) electrons. The van der Waals surface area contributed by atoms with Gasteiger partial charge in [-0.1, -0.05) is 18.6 Å². The lowest BCUT2D eigenvalue weighted by Gasteiger charge is -2.34. The number of likely N-dealkylation sites (tertiary alicyclic amines) is 1. The minimum atomic E-state index is -0.234. The Morgan fingerprint density at radius 2 is 2.12 bits per heavy atom. The second-order valence-corrected chi connectivity index (χ2v) is 6.28. The van der Waals surface area contributed by atoms with Crippen molar-refractivity contribution < 1.29 is 9.18 Å². The number of aromatic nitrogens is 2. The van der Waals surface area contributed by atoms with Gasteiger partial charge in [-0.2, -0.15) is 0 Å². The summed E-state index contributed by atoms with van der Waals surface area (Å²) in [7, 11) is 1.91. The molecule has 0 spiro atoms. The summed E-state index contributed by atoms with van der Waals surface area (Å²) >= 11 is 0. The molecule has 6 heteroatoms. The predicted molar refractivity (Wildman–Crippen MR) is 89.5 cm³/mol. The van der Waals surface area contributed by atoms with Crippen LogP contribution in [0.5, 0.6) is 0 Å². The maximum atomic E-state index is 13.1. The number of hydrogen-bond acceptors (Lipinski definition) is 3. The normalized spacial score (nSPS) is 18.5.